The Morgan fingerprint density at radius 1 is 1.25 bits per heavy atom. The summed E-state index contributed by atoms with van der Waals surface area (Å²) in [4.78, 5) is 0. The molecule has 1 aliphatic carbocycles. The highest BCUT2D eigenvalue weighted by atomic mass is 35.5. The topological polar surface area (TPSA) is 35.4 Å². The number of alkyl halides is 3. The smallest absolute Gasteiger partial charge is 0.392 e. The van der Waals surface area contributed by atoms with Gasteiger partial charge in [0.15, 0.2) is 5.82 Å². The molecule has 24 heavy (non-hydrogen) atoms. The van der Waals surface area contributed by atoms with Gasteiger partial charge in [-0.05, 0) is 39.3 Å². The minimum absolute atomic E-state index is 0.280. The zero-order chi connectivity index (χ0) is 18.4. The molecule has 1 saturated carbocycles. The van der Waals surface area contributed by atoms with Gasteiger partial charge < -0.3 is 4.55 Å². The van der Waals surface area contributed by atoms with E-state index in [1.807, 2.05) is 0 Å². The number of hydrogen-bond acceptors (Lipinski definition) is 2. The number of benzene rings is 1. The molecule has 1 unspecified atom stereocenters. The molecular formula is C15H15ClF5NOS. The molecule has 0 bridgehead atoms. The highest BCUT2D eigenvalue weighted by Gasteiger charge is 2.58. The van der Waals surface area contributed by atoms with E-state index >= 15 is 0 Å². The molecular weight excluding hydrogens is 373 g/mol. The summed E-state index contributed by atoms with van der Waals surface area (Å²) in [6.45, 7) is 4.77. The highest BCUT2D eigenvalue weighted by Crippen LogP contribution is 2.52. The zero-order valence-corrected chi connectivity index (χ0v) is 14.6. The average Bonchev–Trinajstić information content (AvgIpc) is 3.22. The van der Waals surface area contributed by atoms with Crippen molar-refractivity contribution < 1.29 is 26.5 Å². The molecule has 1 aliphatic rings. The predicted molar refractivity (Wildman–Crippen MR) is 83.5 cm³/mol. The van der Waals surface area contributed by atoms with Crippen LogP contribution in [-0.2, 0) is 11.4 Å². The van der Waals surface area contributed by atoms with Gasteiger partial charge in [-0.2, -0.15) is 13.2 Å². The first-order chi connectivity index (χ1) is 10.8. The van der Waals surface area contributed by atoms with Gasteiger partial charge in [0.25, 0.3) is 0 Å². The van der Waals surface area contributed by atoms with Gasteiger partial charge in [0.05, 0.1) is 5.92 Å². The van der Waals surface area contributed by atoms with Crippen LogP contribution in [0.15, 0.2) is 16.5 Å². The molecule has 0 heterocycles. The SMILES string of the molecule is CC(C)(C)[S+]([O-])N=C(c1ccc(F)c(Cl)c1F)[C@@H]1C[C@H]1C(F)(F)F. The minimum atomic E-state index is -4.46. The van der Waals surface area contributed by atoms with Crippen molar-refractivity contribution in [1.29, 1.82) is 0 Å². The first-order valence-electron chi connectivity index (χ1n) is 7.05. The fourth-order valence-electron chi connectivity index (χ4n) is 2.13. The third-order valence-electron chi connectivity index (χ3n) is 3.58. The van der Waals surface area contributed by atoms with E-state index in [-0.39, 0.29) is 17.7 Å². The molecule has 0 saturated heterocycles. The third-order valence-corrected chi connectivity index (χ3v) is 5.34. The fraction of sp³-hybridized carbons (Fsp3) is 0.533. The highest BCUT2D eigenvalue weighted by molar-refractivity contribution is 7.91. The van der Waals surface area contributed by atoms with Crippen LogP contribution < -0.4 is 0 Å². The third kappa shape index (κ3) is 4.03. The molecule has 9 heteroatoms. The fourth-order valence-corrected chi connectivity index (χ4v) is 2.98. The van der Waals surface area contributed by atoms with Crippen molar-refractivity contribution in [2.75, 3.05) is 0 Å². The van der Waals surface area contributed by atoms with Gasteiger partial charge in [0.2, 0.25) is 0 Å². The standard InChI is InChI=1S/C15H15ClF5NOS/c1-14(2,3)24(23)22-13(8-6-9(8)15(19,20)21)7-4-5-10(17)11(16)12(7)18/h4-5,8-9H,6H2,1-3H3/t8-,9-,24?/m1/s1. The Kier molecular flexibility index (Phi) is 5.24. The van der Waals surface area contributed by atoms with Gasteiger partial charge in [0, 0.05) is 11.5 Å². The summed E-state index contributed by atoms with van der Waals surface area (Å²) >= 11 is 3.61. The van der Waals surface area contributed by atoms with E-state index in [0.29, 0.717) is 0 Å². The summed E-state index contributed by atoms with van der Waals surface area (Å²) in [5.74, 6) is -5.03. The summed E-state index contributed by atoms with van der Waals surface area (Å²) < 4.78 is 81.4. The lowest BCUT2D eigenvalue weighted by Gasteiger charge is -2.20. The molecule has 2 nitrogen and oxygen atoms in total. The maximum absolute atomic E-state index is 14.2. The van der Waals surface area contributed by atoms with E-state index < -0.39 is 50.8 Å². The number of nitrogens with zero attached hydrogens (tertiary/aromatic N) is 1. The van der Waals surface area contributed by atoms with Crippen molar-refractivity contribution in [2.24, 2.45) is 16.2 Å². The first kappa shape index (κ1) is 19.5. The van der Waals surface area contributed by atoms with E-state index in [4.69, 9.17) is 11.6 Å². The van der Waals surface area contributed by atoms with Crippen LogP contribution in [-0.4, -0.2) is 21.2 Å². The zero-order valence-electron chi connectivity index (χ0n) is 13.0. The minimum Gasteiger partial charge on any atom is -0.591 e. The second-order valence-electron chi connectivity index (χ2n) is 6.55. The monoisotopic (exact) mass is 387 g/mol. The van der Waals surface area contributed by atoms with Crippen LogP contribution in [0.5, 0.6) is 0 Å². The van der Waals surface area contributed by atoms with E-state index in [0.717, 1.165) is 12.1 Å². The van der Waals surface area contributed by atoms with Gasteiger partial charge in [-0.3, -0.25) is 0 Å². The van der Waals surface area contributed by atoms with Crippen molar-refractivity contribution in [3.05, 3.63) is 34.4 Å². The lowest BCUT2D eigenvalue weighted by molar-refractivity contribution is -0.149. The van der Waals surface area contributed by atoms with Crippen LogP contribution in [0, 0.1) is 23.5 Å². The predicted octanol–water partition coefficient (Wildman–Crippen LogP) is 5.07. The van der Waals surface area contributed by atoms with Gasteiger partial charge in [-0.1, -0.05) is 16.0 Å². The molecule has 134 valence electrons. The van der Waals surface area contributed by atoms with E-state index in [9.17, 15) is 26.5 Å². The molecule has 0 aromatic heterocycles. The van der Waals surface area contributed by atoms with Crippen LogP contribution in [0.3, 0.4) is 0 Å². The molecule has 0 amide bonds. The second-order valence-corrected chi connectivity index (χ2v) is 8.83. The van der Waals surface area contributed by atoms with Crippen LogP contribution >= 0.6 is 11.6 Å². The summed E-state index contributed by atoms with van der Waals surface area (Å²) in [6, 6.07) is 1.82. The molecule has 1 aromatic rings. The van der Waals surface area contributed by atoms with Crippen LogP contribution in [0.1, 0.15) is 32.8 Å². The Bertz CT molecular complexity index is 671. The largest absolute Gasteiger partial charge is 0.591 e. The molecule has 0 N–H and O–H groups in total. The van der Waals surface area contributed by atoms with Crippen molar-refractivity contribution in [3.63, 3.8) is 0 Å². The Morgan fingerprint density at radius 3 is 2.29 bits per heavy atom. The summed E-state index contributed by atoms with van der Waals surface area (Å²) in [7, 11) is 0. The van der Waals surface area contributed by atoms with Crippen molar-refractivity contribution in [3.8, 4) is 0 Å². The normalized spacial score (nSPS) is 23.3. The Balaban J connectivity index is 2.50. The lowest BCUT2D eigenvalue weighted by Crippen LogP contribution is -2.28. The molecule has 3 atom stereocenters. The quantitative estimate of drug-likeness (QED) is 0.309. The Morgan fingerprint density at radius 2 is 1.83 bits per heavy atom. The Labute approximate surface area is 144 Å². The van der Waals surface area contributed by atoms with Crippen LogP contribution in [0.2, 0.25) is 5.02 Å². The van der Waals surface area contributed by atoms with Crippen molar-refractivity contribution in [2.45, 2.75) is 38.1 Å². The van der Waals surface area contributed by atoms with E-state index in [1.54, 1.807) is 20.8 Å². The molecule has 0 aliphatic heterocycles. The van der Waals surface area contributed by atoms with Crippen LogP contribution in [0.25, 0.3) is 0 Å². The summed E-state index contributed by atoms with van der Waals surface area (Å²) in [5.41, 5.74) is -0.638. The molecule has 0 radical (unpaired) electrons. The number of hydrogen-bond donors (Lipinski definition) is 0. The first-order valence-corrected chi connectivity index (χ1v) is 8.53. The van der Waals surface area contributed by atoms with Crippen LogP contribution in [0.4, 0.5) is 22.0 Å². The van der Waals surface area contributed by atoms with Gasteiger partial charge in [-0.15, -0.1) is 0 Å². The van der Waals surface area contributed by atoms with E-state index in [2.05, 4.69) is 4.40 Å². The molecule has 1 fully saturated rings. The second kappa shape index (κ2) is 6.46. The summed E-state index contributed by atoms with van der Waals surface area (Å²) in [6.07, 6.45) is -4.74. The maximum atomic E-state index is 14.2. The van der Waals surface area contributed by atoms with Gasteiger partial charge >= 0.3 is 6.18 Å². The Hall–Kier alpha value is -0.860. The molecule has 0 spiro atoms. The number of rotatable bonds is 3. The lowest BCUT2D eigenvalue weighted by atomic mass is 10.0. The average molecular weight is 388 g/mol. The van der Waals surface area contributed by atoms with Crippen molar-refractivity contribution >= 4 is 28.7 Å². The molecule has 1 aromatic carbocycles. The van der Waals surface area contributed by atoms with Crippen molar-refractivity contribution in [1.82, 2.24) is 0 Å². The number of halogens is 6. The maximum Gasteiger partial charge on any atom is 0.392 e. The van der Waals surface area contributed by atoms with Gasteiger partial charge in [-0.25, -0.2) is 8.78 Å². The summed E-state index contributed by atoms with van der Waals surface area (Å²) in [5, 5.41) is -0.828. The van der Waals surface area contributed by atoms with Gasteiger partial charge in [0.1, 0.15) is 32.7 Å². The molecule has 2 rings (SSSR count). The van der Waals surface area contributed by atoms with E-state index in [1.165, 1.54) is 0 Å².